The van der Waals surface area contributed by atoms with E-state index in [0.29, 0.717) is 25.6 Å². The molecule has 0 bridgehead atoms. The van der Waals surface area contributed by atoms with E-state index in [9.17, 15) is 14.3 Å². The van der Waals surface area contributed by atoms with Crippen molar-refractivity contribution in [2.45, 2.75) is 18.9 Å². The number of anilines is 3. The Labute approximate surface area is 175 Å². The summed E-state index contributed by atoms with van der Waals surface area (Å²) in [6.45, 7) is 4.30. The zero-order valence-corrected chi connectivity index (χ0v) is 16.9. The number of halogens is 1. The van der Waals surface area contributed by atoms with Gasteiger partial charge in [0.1, 0.15) is 18.2 Å². The van der Waals surface area contributed by atoms with Gasteiger partial charge < -0.3 is 24.5 Å². The predicted molar refractivity (Wildman–Crippen MR) is 114 cm³/mol. The van der Waals surface area contributed by atoms with Crippen LogP contribution in [0.3, 0.4) is 0 Å². The predicted octanol–water partition coefficient (Wildman–Crippen LogP) is 2.62. The Morgan fingerprint density at radius 3 is 2.73 bits per heavy atom. The molecule has 1 aromatic heterocycles. The van der Waals surface area contributed by atoms with Crippen LogP contribution in [0.4, 0.5) is 21.6 Å². The van der Waals surface area contributed by atoms with Gasteiger partial charge in [-0.3, -0.25) is 4.79 Å². The Bertz CT molecular complexity index is 875. The van der Waals surface area contributed by atoms with Crippen LogP contribution in [-0.2, 0) is 9.53 Å². The van der Waals surface area contributed by atoms with Crippen molar-refractivity contribution in [1.82, 2.24) is 4.98 Å². The minimum absolute atomic E-state index is 0.0226. The van der Waals surface area contributed by atoms with Crippen LogP contribution < -0.4 is 14.7 Å². The van der Waals surface area contributed by atoms with Gasteiger partial charge in [-0.25, -0.2) is 9.37 Å². The van der Waals surface area contributed by atoms with Gasteiger partial charge in [-0.05, 0) is 37.1 Å². The van der Waals surface area contributed by atoms with E-state index in [2.05, 4.69) is 14.8 Å². The molecule has 0 spiro atoms. The van der Waals surface area contributed by atoms with Crippen LogP contribution in [0.15, 0.2) is 42.6 Å². The van der Waals surface area contributed by atoms with Crippen LogP contribution in [0.25, 0.3) is 0 Å². The van der Waals surface area contributed by atoms with Crippen molar-refractivity contribution in [2.75, 3.05) is 60.6 Å². The molecule has 2 saturated heterocycles. The molecule has 0 unspecified atom stereocenters. The molecule has 1 aromatic carbocycles. The van der Waals surface area contributed by atoms with Crippen molar-refractivity contribution >= 4 is 23.2 Å². The molecule has 160 valence electrons. The van der Waals surface area contributed by atoms with Crippen LogP contribution in [0.5, 0.6) is 0 Å². The number of rotatable bonds is 6. The quantitative estimate of drug-likeness (QED) is 0.779. The maximum absolute atomic E-state index is 13.7. The number of hydrogen-bond donors (Lipinski definition) is 1. The topological polar surface area (TPSA) is 69.1 Å². The van der Waals surface area contributed by atoms with Crippen molar-refractivity contribution < 1.29 is 19.0 Å². The Morgan fingerprint density at radius 1 is 1.17 bits per heavy atom. The molecular formula is C22H27FN4O3. The lowest BCUT2D eigenvalue weighted by Gasteiger charge is -2.40. The minimum atomic E-state index is -0.892. The van der Waals surface area contributed by atoms with Crippen molar-refractivity contribution in [3.8, 4) is 0 Å². The maximum Gasteiger partial charge on any atom is 0.323 e. The summed E-state index contributed by atoms with van der Waals surface area (Å²) in [4.78, 5) is 22.4. The van der Waals surface area contributed by atoms with Gasteiger partial charge in [0.25, 0.3) is 0 Å². The van der Waals surface area contributed by atoms with E-state index >= 15 is 0 Å². The highest BCUT2D eigenvalue weighted by Gasteiger charge is 2.28. The molecule has 0 saturated carbocycles. The van der Waals surface area contributed by atoms with Gasteiger partial charge in [0, 0.05) is 55.9 Å². The van der Waals surface area contributed by atoms with E-state index < -0.39 is 5.97 Å². The van der Waals surface area contributed by atoms with E-state index in [1.165, 1.54) is 12.1 Å². The second-order valence-corrected chi connectivity index (χ2v) is 7.72. The minimum Gasteiger partial charge on any atom is -0.480 e. The summed E-state index contributed by atoms with van der Waals surface area (Å²) in [6.07, 6.45) is 3.51. The summed E-state index contributed by atoms with van der Waals surface area (Å²) in [5, 5.41) is 9.55. The second-order valence-electron chi connectivity index (χ2n) is 7.72. The number of ether oxygens (including phenoxy) is 1. The Kier molecular flexibility index (Phi) is 6.32. The third kappa shape index (κ3) is 4.81. The van der Waals surface area contributed by atoms with Crippen LogP contribution in [-0.4, -0.2) is 68.0 Å². The average molecular weight is 414 g/mol. The van der Waals surface area contributed by atoms with Crippen molar-refractivity contribution in [1.29, 1.82) is 0 Å². The average Bonchev–Trinajstić information content (AvgIpc) is 2.78. The number of morpholine rings is 1. The van der Waals surface area contributed by atoms with E-state index in [-0.39, 0.29) is 18.4 Å². The molecule has 0 radical (unpaired) electrons. The van der Waals surface area contributed by atoms with E-state index in [0.717, 1.165) is 43.9 Å². The molecule has 1 N–H and O–H groups in total. The molecule has 2 aromatic rings. The molecule has 7 nitrogen and oxygen atoms in total. The second kappa shape index (κ2) is 9.30. The summed E-state index contributed by atoms with van der Waals surface area (Å²) in [5.74, 6) is -0.499. The molecule has 1 atom stereocenters. The van der Waals surface area contributed by atoms with Crippen molar-refractivity contribution in [3.63, 3.8) is 0 Å². The van der Waals surface area contributed by atoms with Gasteiger partial charge in [-0.2, -0.15) is 0 Å². The first kappa shape index (κ1) is 20.4. The lowest BCUT2D eigenvalue weighted by atomic mass is 10.0. The molecular weight excluding hydrogens is 387 g/mol. The lowest BCUT2D eigenvalue weighted by Crippen LogP contribution is -2.50. The highest BCUT2D eigenvalue weighted by atomic mass is 19.1. The number of pyridine rings is 1. The SMILES string of the molecule is O=C(O)CN(c1cc(N2CCOCC2)ccn1)[C@@H]1CCCN(c2cccc(F)c2)C1. The van der Waals surface area contributed by atoms with Gasteiger partial charge in [-0.15, -0.1) is 0 Å². The third-order valence-corrected chi connectivity index (χ3v) is 5.72. The van der Waals surface area contributed by atoms with E-state index in [1.807, 2.05) is 23.1 Å². The molecule has 0 amide bonds. The third-order valence-electron chi connectivity index (χ3n) is 5.72. The summed E-state index contributed by atoms with van der Waals surface area (Å²) in [7, 11) is 0. The Balaban J connectivity index is 1.57. The number of carbonyl (C=O) groups is 1. The van der Waals surface area contributed by atoms with Crippen LogP contribution in [0, 0.1) is 5.82 Å². The summed E-state index contributed by atoms with van der Waals surface area (Å²) in [6, 6.07) is 10.5. The van der Waals surface area contributed by atoms with Crippen LogP contribution in [0.1, 0.15) is 12.8 Å². The number of carboxylic acids is 1. The van der Waals surface area contributed by atoms with E-state index in [1.54, 1.807) is 12.3 Å². The van der Waals surface area contributed by atoms with Crippen molar-refractivity contribution in [2.24, 2.45) is 0 Å². The number of piperidine rings is 1. The fraction of sp³-hybridized carbons (Fsp3) is 0.455. The molecule has 0 aliphatic carbocycles. The summed E-state index contributed by atoms with van der Waals surface area (Å²) >= 11 is 0. The standard InChI is InChI=1S/C22H27FN4O3/c23-17-3-1-4-18(13-17)26-8-2-5-20(15-26)27(16-22(28)29)21-14-19(6-7-24-21)25-9-11-30-12-10-25/h1,3-4,6-7,13-14,20H,2,5,8-12,15-16H2,(H,28,29)/t20-/m1/s1. The van der Waals surface area contributed by atoms with Crippen LogP contribution >= 0.6 is 0 Å². The smallest absolute Gasteiger partial charge is 0.323 e. The highest BCUT2D eigenvalue weighted by Crippen LogP contribution is 2.28. The first-order chi connectivity index (χ1) is 14.6. The molecule has 8 heteroatoms. The first-order valence-electron chi connectivity index (χ1n) is 10.4. The lowest BCUT2D eigenvalue weighted by molar-refractivity contribution is -0.135. The van der Waals surface area contributed by atoms with Crippen LogP contribution in [0.2, 0.25) is 0 Å². The summed E-state index contributed by atoms with van der Waals surface area (Å²) < 4.78 is 19.1. The molecule has 30 heavy (non-hydrogen) atoms. The Morgan fingerprint density at radius 2 is 1.97 bits per heavy atom. The number of nitrogens with zero attached hydrogens (tertiary/aromatic N) is 4. The first-order valence-corrected chi connectivity index (χ1v) is 10.4. The molecule has 4 rings (SSSR count). The van der Waals surface area contributed by atoms with Gasteiger partial charge >= 0.3 is 5.97 Å². The highest BCUT2D eigenvalue weighted by molar-refractivity contribution is 5.74. The maximum atomic E-state index is 13.7. The number of aliphatic carboxylic acids is 1. The van der Waals surface area contributed by atoms with E-state index in [4.69, 9.17) is 4.74 Å². The molecule has 2 aliphatic heterocycles. The number of benzene rings is 1. The van der Waals surface area contributed by atoms with Gasteiger partial charge in [-0.1, -0.05) is 6.07 Å². The zero-order chi connectivity index (χ0) is 20.9. The molecule has 2 fully saturated rings. The number of hydrogen-bond acceptors (Lipinski definition) is 6. The van der Waals surface area contributed by atoms with Crippen molar-refractivity contribution in [3.05, 3.63) is 48.4 Å². The zero-order valence-electron chi connectivity index (χ0n) is 16.9. The largest absolute Gasteiger partial charge is 0.480 e. The van der Waals surface area contributed by atoms with Gasteiger partial charge in [0.05, 0.1) is 13.2 Å². The Hall–Kier alpha value is -2.87. The van der Waals surface area contributed by atoms with Gasteiger partial charge in [0.15, 0.2) is 0 Å². The summed E-state index contributed by atoms with van der Waals surface area (Å²) in [5.41, 5.74) is 1.85. The normalized spacial score (nSPS) is 19.6. The fourth-order valence-electron chi connectivity index (χ4n) is 4.24. The number of carboxylic acid groups (broad SMARTS) is 1. The fourth-order valence-corrected chi connectivity index (χ4v) is 4.24. The molecule has 2 aliphatic rings. The number of aromatic nitrogens is 1. The monoisotopic (exact) mass is 414 g/mol. The van der Waals surface area contributed by atoms with Gasteiger partial charge in [0.2, 0.25) is 0 Å². The molecule has 3 heterocycles.